The fourth-order valence-electron chi connectivity index (χ4n) is 3.92. The average molecular weight is 368 g/mol. The summed E-state index contributed by atoms with van der Waals surface area (Å²) in [7, 11) is -0.427. The first-order valence-corrected chi connectivity index (χ1v) is 9.67. The maximum absolute atomic E-state index is 6.22. The summed E-state index contributed by atoms with van der Waals surface area (Å²) in [6.07, 6.45) is 0. The van der Waals surface area contributed by atoms with Crippen LogP contribution in [0, 0.1) is 6.92 Å². The van der Waals surface area contributed by atoms with Gasteiger partial charge in [0.1, 0.15) is 5.60 Å². The Morgan fingerprint density at radius 1 is 0.786 bits per heavy atom. The average Bonchev–Trinajstić information content (AvgIpc) is 3.12. The second-order valence-corrected chi connectivity index (χ2v) is 8.27. The molecule has 5 rings (SSSR count). The van der Waals surface area contributed by atoms with E-state index < -0.39 is 18.3 Å². The monoisotopic (exact) mass is 368 g/mol. The van der Waals surface area contributed by atoms with Crippen LogP contribution in [0.1, 0.15) is 20.8 Å². The van der Waals surface area contributed by atoms with Gasteiger partial charge < -0.3 is 13.9 Å². The summed E-state index contributed by atoms with van der Waals surface area (Å²) in [5.74, 6) is 0. The molecule has 4 aromatic rings. The Balaban J connectivity index is 1.73. The second kappa shape index (κ2) is 5.90. The molecule has 138 valence electrons. The van der Waals surface area contributed by atoms with E-state index in [1.54, 1.807) is 0 Å². The molecule has 2 heterocycles. The fraction of sp³-hybridized carbons (Fsp3) is 0.208. The van der Waals surface area contributed by atoms with E-state index in [1.165, 1.54) is 16.3 Å². The van der Waals surface area contributed by atoms with E-state index in [4.69, 9.17) is 9.31 Å². The first kappa shape index (κ1) is 17.4. The van der Waals surface area contributed by atoms with Crippen LogP contribution in [-0.4, -0.2) is 22.9 Å². The molecular formula is C24H23BNO2+. The molecule has 3 aromatic carbocycles. The third-order valence-corrected chi connectivity index (χ3v) is 6.03. The molecule has 1 aliphatic rings. The third-order valence-electron chi connectivity index (χ3n) is 6.03. The molecule has 1 atom stereocenters. The van der Waals surface area contributed by atoms with Crippen LogP contribution in [0.2, 0.25) is 0 Å². The van der Waals surface area contributed by atoms with Gasteiger partial charge in [-0.1, -0.05) is 48.5 Å². The Kier molecular flexibility index (Phi) is 3.67. The van der Waals surface area contributed by atoms with Crippen molar-refractivity contribution in [2.24, 2.45) is 0 Å². The summed E-state index contributed by atoms with van der Waals surface area (Å²) < 4.78 is 14.7. The van der Waals surface area contributed by atoms with Gasteiger partial charge in [0.05, 0.1) is 18.0 Å². The summed E-state index contributed by atoms with van der Waals surface area (Å²) in [5.41, 5.74) is 3.43. The standard InChI is InChI=1S/C24H23BNO2/c1-23(2)24(3,4)28-25(27-23)17-14-15-20-19-12-8-9-13-21(19)26(22(20)16-17)18-10-6-5-7-11-18/h5-16H,1H2,2-4H3/q+1. The normalized spacial score (nSPS) is 21.6. The second-order valence-electron chi connectivity index (χ2n) is 8.27. The number of hydrogen-bond acceptors (Lipinski definition) is 2. The predicted molar refractivity (Wildman–Crippen MR) is 116 cm³/mol. The molecule has 1 unspecified atom stereocenters. The SMILES string of the molecule is [CH2+]C1(C)OB(c2ccc3c4ccccc4n(-c4ccccc4)c3c2)OC1(C)C. The van der Waals surface area contributed by atoms with E-state index in [1.807, 2.05) is 26.8 Å². The minimum absolute atomic E-state index is 0.427. The summed E-state index contributed by atoms with van der Waals surface area (Å²) in [4.78, 5) is 0. The van der Waals surface area contributed by atoms with Crippen molar-refractivity contribution >= 4 is 34.4 Å². The van der Waals surface area contributed by atoms with Crippen molar-refractivity contribution in [1.82, 2.24) is 4.57 Å². The molecule has 0 aliphatic carbocycles. The molecule has 0 bridgehead atoms. The van der Waals surface area contributed by atoms with Crippen LogP contribution in [0.5, 0.6) is 0 Å². The Morgan fingerprint density at radius 2 is 1.46 bits per heavy atom. The van der Waals surface area contributed by atoms with Gasteiger partial charge in [0.25, 0.3) is 0 Å². The van der Waals surface area contributed by atoms with Gasteiger partial charge in [0, 0.05) is 23.4 Å². The Labute approximate surface area is 166 Å². The highest BCUT2D eigenvalue weighted by Crippen LogP contribution is 2.37. The Morgan fingerprint density at radius 3 is 2.18 bits per heavy atom. The van der Waals surface area contributed by atoms with Crippen molar-refractivity contribution in [3.8, 4) is 5.69 Å². The topological polar surface area (TPSA) is 23.4 Å². The van der Waals surface area contributed by atoms with E-state index >= 15 is 0 Å². The van der Waals surface area contributed by atoms with Crippen LogP contribution in [0.15, 0.2) is 72.8 Å². The number of para-hydroxylation sites is 2. The quantitative estimate of drug-likeness (QED) is 0.371. The van der Waals surface area contributed by atoms with Crippen LogP contribution in [0.25, 0.3) is 27.5 Å². The number of aromatic nitrogens is 1. The Bertz CT molecular complexity index is 1160. The summed E-state index contributed by atoms with van der Waals surface area (Å²) in [6.45, 7) is 10.2. The van der Waals surface area contributed by atoms with Gasteiger partial charge >= 0.3 is 7.12 Å². The van der Waals surface area contributed by atoms with Gasteiger partial charge in [-0.3, -0.25) is 0 Å². The highest BCUT2D eigenvalue weighted by Gasteiger charge is 2.57. The molecule has 4 heteroatoms. The first-order valence-electron chi connectivity index (χ1n) is 9.67. The van der Waals surface area contributed by atoms with Crippen LogP contribution in [-0.2, 0) is 9.31 Å². The maximum atomic E-state index is 6.22. The van der Waals surface area contributed by atoms with Crippen LogP contribution in [0.4, 0.5) is 0 Å². The van der Waals surface area contributed by atoms with E-state index in [-0.39, 0.29) is 0 Å². The van der Waals surface area contributed by atoms with Crippen LogP contribution in [0.3, 0.4) is 0 Å². The molecule has 1 fully saturated rings. The smallest absolute Gasteiger partial charge is 0.395 e. The van der Waals surface area contributed by atoms with E-state index in [9.17, 15) is 0 Å². The van der Waals surface area contributed by atoms with Crippen molar-refractivity contribution in [1.29, 1.82) is 0 Å². The number of hydrogen-bond donors (Lipinski definition) is 0. The first-order chi connectivity index (χ1) is 13.4. The molecule has 0 N–H and O–H groups in total. The van der Waals surface area contributed by atoms with Gasteiger partial charge in [-0.25, -0.2) is 0 Å². The van der Waals surface area contributed by atoms with Crippen molar-refractivity contribution < 1.29 is 9.31 Å². The summed E-state index contributed by atoms with van der Waals surface area (Å²) in [6, 6.07) is 25.4. The van der Waals surface area contributed by atoms with Crippen LogP contribution >= 0.6 is 0 Å². The lowest BCUT2D eigenvalue weighted by Gasteiger charge is -2.25. The molecule has 3 nitrogen and oxygen atoms in total. The van der Waals surface area contributed by atoms with Gasteiger partial charge in [-0.2, -0.15) is 0 Å². The Hall–Kier alpha value is -2.69. The molecule has 28 heavy (non-hydrogen) atoms. The number of fused-ring (bicyclic) bond motifs is 3. The fourth-order valence-corrected chi connectivity index (χ4v) is 3.92. The summed E-state index contributed by atoms with van der Waals surface area (Å²) in [5, 5.41) is 2.46. The molecule has 1 saturated heterocycles. The zero-order valence-corrected chi connectivity index (χ0v) is 16.5. The van der Waals surface area contributed by atoms with E-state index in [0.717, 1.165) is 16.7 Å². The summed E-state index contributed by atoms with van der Waals surface area (Å²) >= 11 is 0. The molecule has 0 amide bonds. The van der Waals surface area contributed by atoms with Gasteiger partial charge in [-0.15, -0.1) is 0 Å². The number of benzene rings is 3. The highest BCUT2D eigenvalue weighted by atomic mass is 16.7. The van der Waals surface area contributed by atoms with Crippen molar-refractivity contribution in [3.63, 3.8) is 0 Å². The number of nitrogens with zero attached hydrogens (tertiary/aromatic N) is 1. The lowest BCUT2D eigenvalue weighted by Crippen LogP contribution is -2.42. The predicted octanol–water partition coefficient (Wildman–Crippen LogP) is 4.90. The largest absolute Gasteiger partial charge is 0.498 e. The zero-order valence-electron chi connectivity index (χ0n) is 16.5. The van der Waals surface area contributed by atoms with Gasteiger partial charge in [0.2, 0.25) is 5.60 Å². The van der Waals surface area contributed by atoms with E-state index in [0.29, 0.717) is 0 Å². The lowest BCUT2D eigenvalue weighted by molar-refractivity contribution is 0.0262. The minimum atomic E-state index is -0.598. The van der Waals surface area contributed by atoms with Gasteiger partial charge in [-0.05, 0) is 43.6 Å². The van der Waals surface area contributed by atoms with E-state index in [2.05, 4.69) is 78.2 Å². The maximum Gasteiger partial charge on any atom is 0.498 e. The van der Waals surface area contributed by atoms with Gasteiger partial charge in [0.15, 0.2) is 0 Å². The van der Waals surface area contributed by atoms with Crippen molar-refractivity contribution in [2.75, 3.05) is 0 Å². The highest BCUT2D eigenvalue weighted by molar-refractivity contribution is 6.62. The number of rotatable bonds is 2. The third kappa shape index (κ3) is 2.49. The molecule has 0 spiro atoms. The zero-order chi connectivity index (χ0) is 19.5. The molecular weight excluding hydrogens is 345 g/mol. The van der Waals surface area contributed by atoms with Crippen molar-refractivity contribution in [3.05, 3.63) is 79.7 Å². The minimum Gasteiger partial charge on any atom is -0.395 e. The van der Waals surface area contributed by atoms with Crippen LogP contribution < -0.4 is 5.46 Å². The molecule has 1 aliphatic heterocycles. The lowest BCUT2D eigenvalue weighted by atomic mass is 9.79. The molecule has 0 saturated carbocycles. The molecule has 1 aromatic heterocycles. The van der Waals surface area contributed by atoms with Crippen molar-refractivity contribution in [2.45, 2.75) is 32.0 Å². The molecule has 0 radical (unpaired) electrons.